The molecule has 2 amide bonds. The maximum absolute atomic E-state index is 13.3. The molecule has 1 aliphatic rings. The zero-order chi connectivity index (χ0) is 20.4. The number of carbonyl (C=O) groups excluding carboxylic acids is 2. The molecule has 29 heavy (non-hydrogen) atoms. The molecule has 0 bridgehead atoms. The average Bonchev–Trinajstić information content (AvgIpc) is 2.99. The minimum absolute atomic E-state index is 0.195. The van der Waals surface area contributed by atoms with Crippen molar-refractivity contribution in [1.82, 2.24) is 0 Å². The standard InChI is InChI=1S/C23H17ClN2O3/c1-29-19-10-6-5-9-18(19)25-21-20(15-7-3-2-4-8-15)22(27)26(23(21)28)17-13-11-16(24)12-14-17/h2-14,25H,1H3. The largest absolute Gasteiger partial charge is 0.495 e. The lowest BCUT2D eigenvalue weighted by molar-refractivity contribution is -0.120. The van der Waals surface area contributed by atoms with Gasteiger partial charge in [-0.1, -0.05) is 54.1 Å². The number of methoxy groups -OCH3 is 1. The number of benzene rings is 3. The van der Waals surface area contributed by atoms with E-state index in [4.69, 9.17) is 16.3 Å². The number of hydrogen-bond donors (Lipinski definition) is 1. The Kier molecular flexibility index (Phi) is 5.06. The molecule has 0 aromatic heterocycles. The number of para-hydroxylation sites is 2. The zero-order valence-corrected chi connectivity index (χ0v) is 16.3. The summed E-state index contributed by atoms with van der Waals surface area (Å²) in [6.07, 6.45) is 0. The van der Waals surface area contributed by atoms with Crippen LogP contribution in [0.5, 0.6) is 5.75 Å². The van der Waals surface area contributed by atoms with Crippen LogP contribution in [0.15, 0.2) is 84.6 Å². The molecule has 6 heteroatoms. The lowest BCUT2D eigenvalue weighted by Crippen LogP contribution is -2.32. The van der Waals surface area contributed by atoms with E-state index < -0.39 is 11.8 Å². The van der Waals surface area contributed by atoms with Crippen LogP contribution in [-0.4, -0.2) is 18.9 Å². The molecule has 0 unspecified atom stereocenters. The lowest BCUT2D eigenvalue weighted by atomic mass is 10.0. The van der Waals surface area contributed by atoms with Crippen molar-refractivity contribution in [3.63, 3.8) is 0 Å². The van der Waals surface area contributed by atoms with Crippen molar-refractivity contribution in [2.45, 2.75) is 0 Å². The first-order valence-corrected chi connectivity index (χ1v) is 9.32. The van der Waals surface area contributed by atoms with Crippen LogP contribution in [0.1, 0.15) is 5.56 Å². The number of rotatable bonds is 5. The van der Waals surface area contributed by atoms with Gasteiger partial charge < -0.3 is 10.1 Å². The van der Waals surface area contributed by atoms with Crippen molar-refractivity contribution < 1.29 is 14.3 Å². The van der Waals surface area contributed by atoms with Gasteiger partial charge in [0.1, 0.15) is 11.4 Å². The van der Waals surface area contributed by atoms with Gasteiger partial charge in [0.25, 0.3) is 11.8 Å². The molecule has 3 aromatic rings. The second kappa shape index (κ2) is 7.81. The van der Waals surface area contributed by atoms with Crippen LogP contribution in [-0.2, 0) is 9.59 Å². The van der Waals surface area contributed by atoms with E-state index in [0.29, 0.717) is 33.3 Å². The van der Waals surface area contributed by atoms with Gasteiger partial charge >= 0.3 is 0 Å². The van der Waals surface area contributed by atoms with Crippen LogP contribution in [0.25, 0.3) is 5.57 Å². The minimum atomic E-state index is -0.443. The van der Waals surface area contributed by atoms with E-state index in [1.807, 2.05) is 30.3 Å². The quantitative estimate of drug-likeness (QED) is 0.624. The van der Waals surface area contributed by atoms with Crippen LogP contribution in [0.3, 0.4) is 0 Å². The molecular weight excluding hydrogens is 388 g/mol. The molecule has 4 rings (SSSR count). The average molecular weight is 405 g/mol. The first-order valence-electron chi connectivity index (χ1n) is 8.94. The smallest absolute Gasteiger partial charge is 0.282 e. The first-order chi connectivity index (χ1) is 14.1. The molecule has 1 aliphatic heterocycles. The Hall–Kier alpha value is -3.57. The van der Waals surface area contributed by atoms with Gasteiger partial charge in [-0.25, -0.2) is 4.90 Å². The summed E-state index contributed by atoms with van der Waals surface area (Å²) in [6, 6.07) is 22.9. The van der Waals surface area contributed by atoms with E-state index in [9.17, 15) is 9.59 Å². The Bertz CT molecular complexity index is 1110. The summed E-state index contributed by atoms with van der Waals surface area (Å²) in [6.45, 7) is 0. The van der Waals surface area contributed by atoms with E-state index in [-0.39, 0.29) is 5.70 Å². The van der Waals surface area contributed by atoms with E-state index in [2.05, 4.69) is 5.32 Å². The monoisotopic (exact) mass is 404 g/mol. The van der Waals surface area contributed by atoms with Gasteiger partial charge in [-0.3, -0.25) is 9.59 Å². The number of imide groups is 1. The van der Waals surface area contributed by atoms with Crippen molar-refractivity contribution in [2.75, 3.05) is 17.3 Å². The van der Waals surface area contributed by atoms with Crippen LogP contribution in [0, 0.1) is 0 Å². The SMILES string of the molecule is COc1ccccc1NC1=C(c2ccccc2)C(=O)N(c2ccc(Cl)cc2)C1=O. The molecule has 3 aromatic carbocycles. The summed E-state index contributed by atoms with van der Waals surface area (Å²) in [5, 5.41) is 3.64. The van der Waals surface area contributed by atoms with Crippen molar-refractivity contribution in [1.29, 1.82) is 0 Å². The fourth-order valence-corrected chi connectivity index (χ4v) is 3.35. The molecule has 144 valence electrons. The fraction of sp³-hybridized carbons (Fsp3) is 0.0435. The van der Waals surface area contributed by atoms with Crippen molar-refractivity contribution in [3.05, 3.63) is 95.1 Å². The van der Waals surface area contributed by atoms with Crippen molar-refractivity contribution >= 4 is 40.4 Å². The summed E-state index contributed by atoms with van der Waals surface area (Å²) in [5.41, 5.74) is 2.20. The first kappa shape index (κ1) is 18.8. The van der Waals surface area contributed by atoms with Crippen LogP contribution >= 0.6 is 11.6 Å². The predicted molar refractivity (Wildman–Crippen MR) is 114 cm³/mol. The third-order valence-corrected chi connectivity index (χ3v) is 4.85. The van der Waals surface area contributed by atoms with Crippen LogP contribution < -0.4 is 15.0 Å². The fourth-order valence-electron chi connectivity index (χ4n) is 3.23. The number of carbonyl (C=O) groups is 2. The van der Waals surface area contributed by atoms with Gasteiger partial charge in [-0.05, 0) is 42.0 Å². The van der Waals surface area contributed by atoms with Gasteiger partial charge in [0.2, 0.25) is 0 Å². The number of nitrogens with zero attached hydrogens (tertiary/aromatic N) is 1. The van der Waals surface area contributed by atoms with Crippen molar-refractivity contribution in [3.8, 4) is 5.75 Å². The molecule has 1 heterocycles. The maximum Gasteiger partial charge on any atom is 0.282 e. The second-order valence-corrected chi connectivity index (χ2v) is 6.80. The summed E-state index contributed by atoms with van der Waals surface area (Å²) >= 11 is 5.96. The van der Waals surface area contributed by atoms with E-state index in [0.717, 1.165) is 4.90 Å². The minimum Gasteiger partial charge on any atom is -0.495 e. The van der Waals surface area contributed by atoms with Gasteiger partial charge in [0.15, 0.2) is 0 Å². The highest BCUT2D eigenvalue weighted by Gasteiger charge is 2.40. The van der Waals surface area contributed by atoms with Crippen LogP contribution in [0.2, 0.25) is 5.02 Å². The van der Waals surface area contributed by atoms with Crippen LogP contribution in [0.4, 0.5) is 11.4 Å². The molecule has 0 spiro atoms. The highest BCUT2D eigenvalue weighted by molar-refractivity contribution is 6.46. The number of amides is 2. The highest BCUT2D eigenvalue weighted by atomic mass is 35.5. The lowest BCUT2D eigenvalue weighted by Gasteiger charge is -2.16. The van der Waals surface area contributed by atoms with Crippen molar-refractivity contribution in [2.24, 2.45) is 0 Å². The summed E-state index contributed by atoms with van der Waals surface area (Å²) in [4.78, 5) is 27.7. The Labute approximate surface area is 173 Å². The van der Waals surface area contributed by atoms with Gasteiger partial charge in [-0.15, -0.1) is 0 Å². The normalized spacial score (nSPS) is 13.8. The number of hydrogen-bond acceptors (Lipinski definition) is 4. The maximum atomic E-state index is 13.3. The predicted octanol–water partition coefficient (Wildman–Crippen LogP) is 4.75. The second-order valence-electron chi connectivity index (χ2n) is 6.36. The highest BCUT2D eigenvalue weighted by Crippen LogP contribution is 2.35. The number of halogens is 1. The number of nitrogens with one attached hydrogen (secondary N) is 1. The molecular formula is C23H17ClN2O3. The van der Waals surface area contributed by atoms with Gasteiger partial charge in [-0.2, -0.15) is 0 Å². The Balaban J connectivity index is 1.83. The Morgan fingerprint density at radius 2 is 1.48 bits per heavy atom. The molecule has 0 aliphatic carbocycles. The number of ether oxygens (including phenoxy) is 1. The summed E-state index contributed by atoms with van der Waals surface area (Å²) in [7, 11) is 1.55. The summed E-state index contributed by atoms with van der Waals surface area (Å²) in [5.74, 6) is -0.277. The summed E-state index contributed by atoms with van der Waals surface area (Å²) < 4.78 is 5.37. The van der Waals surface area contributed by atoms with E-state index >= 15 is 0 Å². The third-order valence-electron chi connectivity index (χ3n) is 4.60. The topological polar surface area (TPSA) is 58.6 Å². The van der Waals surface area contributed by atoms with E-state index in [1.165, 1.54) is 0 Å². The number of anilines is 2. The molecule has 0 saturated carbocycles. The molecule has 0 saturated heterocycles. The molecule has 0 fully saturated rings. The molecule has 5 nitrogen and oxygen atoms in total. The Morgan fingerprint density at radius 3 is 2.17 bits per heavy atom. The molecule has 0 radical (unpaired) electrons. The third kappa shape index (κ3) is 3.48. The zero-order valence-electron chi connectivity index (χ0n) is 15.6. The molecule has 1 N–H and O–H groups in total. The van der Waals surface area contributed by atoms with Gasteiger partial charge in [0.05, 0.1) is 24.1 Å². The Morgan fingerprint density at radius 1 is 0.828 bits per heavy atom. The molecule has 0 atom stereocenters. The van der Waals surface area contributed by atoms with E-state index in [1.54, 1.807) is 55.6 Å². The van der Waals surface area contributed by atoms with Gasteiger partial charge in [0, 0.05) is 5.02 Å².